The summed E-state index contributed by atoms with van der Waals surface area (Å²) < 4.78 is 6.26. The Morgan fingerprint density at radius 1 is 0.967 bits per heavy atom. The normalized spacial score (nSPS) is 15.8. The molecule has 0 amide bonds. The summed E-state index contributed by atoms with van der Waals surface area (Å²) in [5.74, 6) is 1.82. The smallest absolute Gasteiger partial charge is 0.131 e. The van der Waals surface area contributed by atoms with Crippen molar-refractivity contribution in [2.45, 2.75) is 57.8 Å². The van der Waals surface area contributed by atoms with E-state index in [4.69, 9.17) is 4.74 Å². The number of benzene rings is 2. The fourth-order valence-electron chi connectivity index (χ4n) is 3.75. The lowest BCUT2D eigenvalue weighted by Gasteiger charge is -2.37. The summed E-state index contributed by atoms with van der Waals surface area (Å²) >= 11 is 1.75. The third-order valence-electron chi connectivity index (χ3n) is 5.66. The highest BCUT2D eigenvalue weighted by atomic mass is 32.2. The zero-order chi connectivity index (χ0) is 21.5. The zero-order valence-electron chi connectivity index (χ0n) is 19.1. The van der Waals surface area contributed by atoms with Crippen LogP contribution >= 0.6 is 11.8 Å². The number of nitrogens with zero attached hydrogens (tertiary/aromatic N) is 2. The molecule has 1 N–H and O–H groups in total. The highest BCUT2D eigenvalue weighted by Crippen LogP contribution is 2.28. The minimum atomic E-state index is 0.437. The molecule has 2 aromatic rings. The number of nitrogens with one attached hydrogen (secondary N) is 1. The molecule has 0 unspecified atom stereocenters. The standard InChI is InChI=1S/C25H37N3OS/c1-19(2)26-17-22-16-21(18-27-12-14-28(15-13-27)20(3)4)6-11-25(22)29-23-7-9-24(30-5)10-8-23/h6-11,16,19-20,26H,12-15,17-18H2,1-5H3. The van der Waals surface area contributed by atoms with Crippen LogP contribution < -0.4 is 10.1 Å². The summed E-state index contributed by atoms with van der Waals surface area (Å²) in [5, 5.41) is 3.55. The van der Waals surface area contributed by atoms with Crippen molar-refractivity contribution >= 4 is 11.8 Å². The van der Waals surface area contributed by atoms with E-state index in [0.29, 0.717) is 12.1 Å². The van der Waals surface area contributed by atoms with Crippen LogP contribution in [-0.2, 0) is 13.1 Å². The van der Waals surface area contributed by atoms with Crippen molar-refractivity contribution in [2.24, 2.45) is 0 Å². The van der Waals surface area contributed by atoms with Crippen molar-refractivity contribution < 1.29 is 4.74 Å². The summed E-state index contributed by atoms with van der Waals surface area (Å²) in [6.45, 7) is 15.3. The van der Waals surface area contributed by atoms with Gasteiger partial charge < -0.3 is 10.1 Å². The van der Waals surface area contributed by atoms with E-state index in [2.05, 4.69) is 79.4 Å². The Hall–Kier alpha value is -1.53. The lowest BCUT2D eigenvalue weighted by atomic mass is 10.1. The second-order valence-corrected chi connectivity index (χ2v) is 9.54. The van der Waals surface area contributed by atoms with E-state index in [-0.39, 0.29) is 0 Å². The maximum absolute atomic E-state index is 6.26. The predicted octanol–water partition coefficient (Wildman–Crippen LogP) is 5.22. The maximum Gasteiger partial charge on any atom is 0.131 e. The van der Waals surface area contributed by atoms with Gasteiger partial charge in [-0.1, -0.05) is 19.9 Å². The summed E-state index contributed by atoms with van der Waals surface area (Å²) in [7, 11) is 0. The van der Waals surface area contributed by atoms with Crippen molar-refractivity contribution in [3.8, 4) is 11.5 Å². The molecule has 0 aliphatic carbocycles. The van der Waals surface area contributed by atoms with Crippen LogP contribution in [0.4, 0.5) is 0 Å². The molecule has 0 radical (unpaired) electrons. The summed E-state index contributed by atoms with van der Waals surface area (Å²) in [5.41, 5.74) is 2.58. The van der Waals surface area contributed by atoms with Crippen LogP contribution in [0.1, 0.15) is 38.8 Å². The van der Waals surface area contributed by atoms with Gasteiger partial charge in [0.15, 0.2) is 0 Å². The number of hydrogen-bond acceptors (Lipinski definition) is 5. The molecule has 0 spiro atoms. The lowest BCUT2D eigenvalue weighted by Crippen LogP contribution is -2.48. The molecule has 2 aromatic carbocycles. The van der Waals surface area contributed by atoms with Crippen LogP contribution in [0.3, 0.4) is 0 Å². The summed E-state index contributed by atoms with van der Waals surface area (Å²) in [6, 6.07) is 16.1. The van der Waals surface area contributed by atoms with Crippen LogP contribution in [0.15, 0.2) is 47.4 Å². The van der Waals surface area contributed by atoms with Crippen LogP contribution in [0.5, 0.6) is 11.5 Å². The van der Waals surface area contributed by atoms with E-state index in [1.165, 1.54) is 16.0 Å². The van der Waals surface area contributed by atoms with Gasteiger partial charge in [-0.05, 0) is 62.1 Å². The van der Waals surface area contributed by atoms with Crippen molar-refractivity contribution in [1.29, 1.82) is 0 Å². The Labute approximate surface area is 187 Å². The van der Waals surface area contributed by atoms with Crippen LogP contribution in [0, 0.1) is 0 Å². The van der Waals surface area contributed by atoms with E-state index in [9.17, 15) is 0 Å². The molecule has 0 bridgehead atoms. The second-order valence-electron chi connectivity index (χ2n) is 8.66. The highest BCUT2D eigenvalue weighted by Gasteiger charge is 2.19. The summed E-state index contributed by atoms with van der Waals surface area (Å²) in [4.78, 5) is 6.38. The Bertz CT molecular complexity index is 783. The number of piperazine rings is 1. The van der Waals surface area contributed by atoms with Gasteiger partial charge in [0.2, 0.25) is 0 Å². The van der Waals surface area contributed by atoms with Gasteiger partial charge >= 0.3 is 0 Å². The van der Waals surface area contributed by atoms with Gasteiger partial charge in [-0.3, -0.25) is 9.80 Å². The number of hydrogen-bond donors (Lipinski definition) is 1. The Kier molecular flexibility index (Phi) is 8.63. The van der Waals surface area contributed by atoms with Gasteiger partial charge in [0.25, 0.3) is 0 Å². The molecule has 0 aromatic heterocycles. The Morgan fingerprint density at radius 3 is 2.27 bits per heavy atom. The molecule has 30 heavy (non-hydrogen) atoms. The van der Waals surface area contributed by atoms with E-state index < -0.39 is 0 Å². The number of thioether (sulfide) groups is 1. The summed E-state index contributed by atoms with van der Waals surface area (Å²) in [6.07, 6.45) is 2.09. The van der Waals surface area contributed by atoms with Gasteiger partial charge in [-0.15, -0.1) is 11.8 Å². The molecule has 0 saturated carbocycles. The van der Waals surface area contributed by atoms with Crippen molar-refractivity contribution in [3.05, 3.63) is 53.6 Å². The molecular weight excluding hydrogens is 390 g/mol. The first-order chi connectivity index (χ1) is 14.4. The van der Waals surface area contributed by atoms with Gasteiger partial charge in [0.1, 0.15) is 11.5 Å². The average molecular weight is 428 g/mol. The molecule has 5 heteroatoms. The topological polar surface area (TPSA) is 27.7 Å². The predicted molar refractivity (Wildman–Crippen MR) is 129 cm³/mol. The van der Waals surface area contributed by atoms with Gasteiger partial charge in [-0.25, -0.2) is 0 Å². The van der Waals surface area contributed by atoms with Crippen LogP contribution in [-0.4, -0.2) is 54.3 Å². The largest absolute Gasteiger partial charge is 0.457 e. The first kappa shape index (κ1) is 23.1. The van der Waals surface area contributed by atoms with E-state index in [1.54, 1.807) is 11.8 Å². The van der Waals surface area contributed by atoms with E-state index in [1.807, 2.05) is 12.1 Å². The monoisotopic (exact) mass is 427 g/mol. The second kappa shape index (κ2) is 11.2. The molecule has 1 aliphatic rings. The van der Waals surface area contributed by atoms with Crippen molar-refractivity contribution in [1.82, 2.24) is 15.1 Å². The Balaban J connectivity index is 1.70. The fraction of sp³-hybridized carbons (Fsp3) is 0.520. The molecule has 3 rings (SSSR count). The molecule has 1 heterocycles. The van der Waals surface area contributed by atoms with Gasteiger partial charge in [-0.2, -0.15) is 0 Å². The van der Waals surface area contributed by atoms with Gasteiger partial charge in [0, 0.05) is 61.8 Å². The van der Waals surface area contributed by atoms with Crippen LogP contribution in [0.2, 0.25) is 0 Å². The zero-order valence-corrected chi connectivity index (χ0v) is 20.0. The molecule has 1 fully saturated rings. The lowest BCUT2D eigenvalue weighted by molar-refractivity contribution is 0.104. The fourth-order valence-corrected chi connectivity index (χ4v) is 4.16. The third-order valence-corrected chi connectivity index (χ3v) is 6.40. The van der Waals surface area contributed by atoms with E-state index >= 15 is 0 Å². The first-order valence-corrected chi connectivity index (χ1v) is 12.3. The van der Waals surface area contributed by atoms with Gasteiger partial charge in [0.05, 0.1) is 0 Å². The SMILES string of the molecule is CSc1ccc(Oc2ccc(CN3CCN(C(C)C)CC3)cc2CNC(C)C)cc1. The number of ether oxygens (including phenoxy) is 1. The molecule has 164 valence electrons. The minimum absolute atomic E-state index is 0.437. The minimum Gasteiger partial charge on any atom is -0.457 e. The maximum atomic E-state index is 6.26. The van der Waals surface area contributed by atoms with Crippen molar-refractivity contribution in [2.75, 3.05) is 32.4 Å². The molecule has 1 aliphatic heterocycles. The quantitative estimate of drug-likeness (QED) is 0.554. The Morgan fingerprint density at radius 2 is 1.67 bits per heavy atom. The molecule has 0 atom stereocenters. The third kappa shape index (κ3) is 6.74. The first-order valence-electron chi connectivity index (χ1n) is 11.1. The molecule has 4 nitrogen and oxygen atoms in total. The van der Waals surface area contributed by atoms with E-state index in [0.717, 1.165) is 50.8 Å². The molecular formula is C25H37N3OS. The van der Waals surface area contributed by atoms with Crippen molar-refractivity contribution in [3.63, 3.8) is 0 Å². The molecule has 1 saturated heterocycles. The number of rotatable bonds is 9. The van der Waals surface area contributed by atoms with Crippen LogP contribution in [0.25, 0.3) is 0 Å². The average Bonchev–Trinajstić information content (AvgIpc) is 2.74. The highest BCUT2D eigenvalue weighted by molar-refractivity contribution is 7.98.